The first-order valence-corrected chi connectivity index (χ1v) is 5.03. The molecule has 5 heteroatoms. The van der Waals surface area contributed by atoms with Crippen molar-refractivity contribution in [3.63, 3.8) is 0 Å². The highest BCUT2D eigenvalue weighted by Crippen LogP contribution is 2.18. The lowest BCUT2D eigenvalue weighted by Crippen LogP contribution is -2.29. The second kappa shape index (κ2) is 5.79. The van der Waals surface area contributed by atoms with Crippen molar-refractivity contribution >= 4 is 17.6 Å². The zero-order chi connectivity index (χ0) is 12.8. The van der Waals surface area contributed by atoms with Crippen LogP contribution in [0.5, 0.6) is 0 Å². The molecule has 0 saturated heterocycles. The smallest absolute Gasteiger partial charge is 0.328 e. The molecule has 1 rings (SSSR count). The van der Waals surface area contributed by atoms with Crippen molar-refractivity contribution in [1.29, 1.82) is 0 Å². The topological polar surface area (TPSA) is 57.6 Å². The number of hydrogen-bond donors (Lipinski definition) is 1. The van der Waals surface area contributed by atoms with E-state index in [0.717, 1.165) is 17.1 Å². The lowest BCUT2D eigenvalue weighted by atomic mass is 10.2. The minimum Gasteiger partial charge on any atom is -0.478 e. The highest BCUT2D eigenvalue weighted by atomic mass is 19.1. The van der Waals surface area contributed by atoms with Crippen LogP contribution >= 0.6 is 0 Å². The van der Waals surface area contributed by atoms with E-state index in [4.69, 9.17) is 5.11 Å². The van der Waals surface area contributed by atoms with Crippen LogP contribution in [-0.2, 0) is 9.59 Å². The molecule has 1 aromatic rings. The molecule has 0 spiro atoms. The number of benzene rings is 1. The molecule has 0 aromatic heterocycles. The molecule has 0 aliphatic heterocycles. The van der Waals surface area contributed by atoms with E-state index in [0.29, 0.717) is 0 Å². The third-order valence-electron chi connectivity index (χ3n) is 2.09. The highest BCUT2D eigenvalue weighted by Gasteiger charge is 2.14. The van der Waals surface area contributed by atoms with Gasteiger partial charge in [0.2, 0.25) is 0 Å². The van der Waals surface area contributed by atoms with Crippen molar-refractivity contribution in [2.24, 2.45) is 0 Å². The second-order valence-electron chi connectivity index (χ2n) is 3.21. The number of aliphatic carboxylic acids is 1. The third kappa shape index (κ3) is 3.41. The van der Waals surface area contributed by atoms with Crippen molar-refractivity contribution in [1.82, 2.24) is 0 Å². The van der Waals surface area contributed by atoms with Gasteiger partial charge in [-0.3, -0.25) is 4.79 Å². The van der Waals surface area contributed by atoms with Crippen LogP contribution in [-0.4, -0.2) is 23.5 Å². The van der Waals surface area contributed by atoms with E-state index < -0.39 is 17.7 Å². The summed E-state index contributed by atoms with van der Waals surface area (Å²) < 4.78 is 13.5. The predicted octanol–water partition coefficient (Wildman–Crippen LogP) is 1.82. The number of likely N-dealkylation sites (N-methyl/N-ethyl adjacent to an activating group) is 1. The molecule has 1 N–H and O–H groups in total. The molecule has 0 heterocycles. The van der Waals surface area contributed by atoms with Gasteiger partial charge in [0.1, 0.15) is 5.82 Å². The van der Waals surface area contributed by atoms with Gasteiger partial charge in [0, 0.05) is 18.7 Å². The molecule has 0 unspecified atom stereocenters. The Bertz CT molecular complexity index is 457. The SMILES string of the molecule is CCN(C(=O)C=CC(=O)O)c1ccccc1F. The lowest BCUT2D eigenvalue weighted by molar-refractivity contribution is -0.131. The summed E-state index contributed by atoms with van der Waals surface area (Å²) in [6.07, 6.45) is 1.63. The minimum absolute atomic E-state index is 0.134. The normalized spacial score (nSPS) is 10.5. The van der Waals surface area contributed by atoms with Crippen molar-refractivity contribution < 1.29 is 19.1 Å². The average Bonchev–Trinajstić information content (AvgIpc) is 2.30. The number of amides is 1. The summed E-state index contributed by atoms with van der Waals surface area (Å²) in [6.45, 7) is 1.93. The van der Waals surface area contributed by atoms with Crippen LogP contribution in [0, 0.1) is 5.82 Å². The zero-order valence-corrected chi connectivity index (χ0v) is 9.26. The molecule has 4 nitrogen and oxygen atoms in total. The van der Waals surface area contributed by atoms with Crippen LogP contribution in [0.2, 0.25) is 0 Å². The number of carboxylic acid groups (broad SMARTS) is 1. The summed E-state index contributed by atoms with van der Waals surface area (Å²) in [5, 5.41) is 8.41. The Morgan fingerprint density at radius 1 is 1.35 bits per heavy atom. The monoisotopic (exact) mass is 237 g/mol. The van der Waals surface area contributed by atoms with Crippen LogP contribution in [0.3, 0.4) is 0 Å². The molecule has 0 radical (unpaired) electrons. The van der Waals surface area contributed by atoms with Crippen LogP contribution in [0.4, 0.5) is 10.1 Å². The van der Waals surface area contributed by atoms with Crippen LogP contribution in [0.1, 0.15) is 6.92 Å². The van der Waals surface area contributed by atoms with Gasteiger partial charge >= 0.3 is 5.97 Å². The number of carbonyl (C=O) groups is 2. The van der Waals surface area contributed by atoms with E-state index in [2.05, 4.69) is 0 Å². The minimum atomic E-state index is -1.22. The first kappa shape index (κ1) is 12.9. The molecule has 0 bridgehead atoms. The molecule has 1 aromatic carbocycles. The Labute approximate surface area is 98.0 Å². The Morgan fingerprint density at radius 2 is 2.00 bits per heavy atom. The Morgan fingerprint density at radius 3 is 2.53 bits per heavy atom. The summed E-state index contributed by atoms with van der Waals surface area (Å²) >= 11 is 0. The summed E-state index contributed by atoms with van der Waals surface area (Å²) in [5.74, 6) is -2.31. The lowest BCUT2D eigenvalue weighted by Gasteiger charge is -2.19. The standard InChI is InChI=1S/C12H12FNO3/c1-2-14(11(15)7-8-12(16)17)10-6-4-3-5-9(10)13/h3-8H,2H2,1H3,(H,16,17). The number of para-hydroxylation sites is 1. The number of carboxylic acids is 1. The van der Waals surface area contributed by atoms with Crippen LogP contribution in [0.25, 0.3) is 0 Å². The summed E-state index contributed by atoms with van der Waals surface area (Å²) in [5.41, 5.74) is 0.134. The molecule has 90 valence electrons. The first-order valence-electron chi connectivity index (χ1n) is 5.03. The molecule has 17 heavy (non-hydrogen) atoms. The molecule has 1 amide bonds. The number of nitrogens with zero attached hydrogens (tertiary/aromatic N) is 1. The predicted molar refractivity (Wildman–Crippen MR) is 61.2 cm³/mol. The molecule has 0 fully saturated rings. The maximum atomic E-state index is 13.5. The number of halogens is 1. The van der Waals surface area contributed by atoms with Gasteiger partial charge in [0.05, 0.1) is 5.69 Å². The van der Waals surface area contributed by atoms with E-state index in [1.807, 2.05) is 0 Å². The molecule has 0 aliphatic rings. The number of rotatable bonds is 4. The van der Waals surface area contributed by atoms with Gasteiger partial charge in [0.15, 0.2) is 0 Å². The maximum absolute atomic E-state index is 13.5. The number of anilines is 1. The largest absolute Gasteiger partial charge is 0.478 e. The van der Waals surface area contributed by atoms with Crippen LogP contribution in [0.15, 0.2) is 36.4 Å². The second-order valence-corrected chi connectivity index (χ2v) is 3.21. The summed E-state index contributed by atoms with van der Waals surface area (Å²) in [4.78, 5) is 23.1. The first-order chi connectivity index (χ1) is 8.06. The van der Waals surface area contributed by atoms with Gasteiger partial charge in [-0.1, -0.05) is 12.1 Å². The Kier molecular flexibility index (Phi) is 4.39. The molecule has 0 saturated carbocycles. The molecule has 0 aliphatic carbocycles. The summed E-state index contributed by atoms with van der Waals surface area (Å²) in [7, 11) is 0. The Hall–Kier alpha value is -2.17. The van der Waals surface area contributed by atoms with Crippen molar-refractivity contribution in [3.05, 3.63) is 42.2 Å². The zero-order valence-electron chi connectivity index (χ0n) is 9.26. The van der Waals surface area contributed by atoms with Crippen molar-refractivity contribution in [2.45, 2.75) is 6.92 Å². The fourth-order valence-electron chi connectivity index (χ4n) is 1.35. The molecular formula is C12H12FNO3. The molecule has 0 atom stereocenters. The number of hydrogen-bond acceptors (Lipinski definition) is 2. The van der Waals surface area contributed by atoms with Gasteiger partial charge in [-0.15, -0.1) is 0 Å². The van der Waals surface area contributed by atoms with E-state index in [1.54, 1.807) is 13.0 Å². The van der Waals surface area contributed by atoms with Gasteiger partial charge in [-0.2, -0.15) is 0 Å². The van der Waals surface area contributed by atoms with E-state index in [-0.39, 0.29) is 12.2 Å². The average molecular weight is 237 g/mol. The Balaban J connectivity index is 2.96. The maximum Gasteiger partial charge on any atom is 0.328 e. The highest BCUT2D eigenvalue weighted by molar-refractivity contribution is 6.04. The van der Waals surface area contributed by atoms with Crippen molar-refractivity contribution in [3.8, 4) is 0 Å². The van der Waals surface area contributed by atoms with Gasteiger partial charge in [0.25, 0.3) is 5.91 Å². The van der Waals surface area contributed by atoms with Gasteiger partial charge < -0.3 is 10.0 Å². The van der Waals surface area contributed by atoms with E-state index in [1.165, 1.54) is 18.2 Å². The van der Waals surface area contributed by atoms with Crippen LogP contribution < -0.4 is 4.90 Å². The number of carbonyl (C=O) groups excluding carboxylic acids is 1. The van der Waals surface area contributed by atoms with E-state index >= 15 is 0 Å². The summed E-state index contributed by atoms with van der Waals surface area (Å²) in [6, 6.07) is 5.83. The third-order valence-corrected chi connectivity index (χ3v) is 2.09. The fourth-order valence-corrected chi connectivity index (χ4v) is 1.35. The van der Waals surface area contributed by atoms with Gasteiger partial charge in [-0.25, -0.2) is 9.18 Å². The van der Waals surface area contributed by atoms with E-state index in [9.17, 15) is 14.0 Å². The quantitative estimate of drug-likeness (QED) is 0.812. The van der Waals surface area contributed by atoms with Gasteiger partial charge in [-0.05, 0) is 19.1 Å². The van der Waals surface area contributed by atoms with Crippen molar-refractivity contribution in [2.75, 3.05) is 11.4 Å². The fraction of sp³-hybridized carbons (Fsp3) is 0.167. The molecular weight excluding hydrogens is 225 g/mol.